The number of rotatable bonds is 5. The van der Waals surface area contributed by atoms with E-state index < -0.39 is 5.60 Å². The second kappa shape index (κ2) is 9.52. The van der Waals surface area contributed by atoms with Crippen molar-refractivity contribution in [3.05, 3.63) is 66.0 Å². The van der Waals surface area contributed by atoms with Crippen molar-refractivity contribution in [2.75, 3.05) is 13.1 Å². The molecule has 3 rings (SSSR count). The van der Waals surface area contributed by atoms with E-state index in [4.69, 9.17) is 4.74 Å². The third kappa shape index (κ3) is 5.68. The Balaban J connectivity index is 1.73. The first-order valence-corrected chi connectivity index (χ1v) is 9.93. The highest BCUT2D eigenvalue weighted by Gasteiger charge is 2.27. The number of nitrogens with zero attached hydrogens (tertiary/aromatic N) is 2. The van der Waals surface area contributed by atoms with Gasteiger partial charge in [-0.2, -0.15) is 0 Å². The Kier molecular flexibility index (Phi) is 6.84. The van der Waals surface area contributed by atoms with Crippen LogP contribution in [-0.4, -0.2) is 34.5 Å². The molecule has 0 bridgehead atoms. The predicted molar refractivity (Wildman–Crippen MR) is 110 cm³/mol. The van der Waals surface area contributed by atoms with Crippen LogP contribution in [0, 0.1) is 11.8 Å². The molecule has 2 atom stereocenters. The standard InChI is InChI=1S/C24H28N2O2/c1-20(27)28-24(2,18-21-10-4-3-5-11-21)14-9-17-26-16-7-6-13-23(26)22-12-8-15-25-19-22/h3-5,8,10-12,15,19,23H,6-7,13,16-18H2,1-2H3. The number of benzene rings is 1. The minimum atomic E-state index is -0.827. The van der Waals surface area contributed by atoms with Gasteiger partial charge in [0.05, 0.1) is 6.54 Å². The number of hydrogen-bond acceptors (Lipinski definition) is 4. The van der Waals surface area contributed by atoms with Crippen LogP contribution < -0.4 is 0 Å². The van der Waals surface area contributed by atoms with Gasteiger partial charge in [-0.1, -0.05) is 54.7 Å². The highest BCUT2D eigenvalue weighted by atomic mass is 16.6. The minimum absolute atomic E-state index is 0.307. The van der Waals surface area contributed by atoms with E-state index in [0.717, 1.165) is 18.5 Å². The van der Waals surface area contributed by atoms with Gasteiger partial charge in [0, 0.05) is 31.8 Å². The Labute approximate surface area is 167 Å². The highest BCUT2D eigenvalue weighted by molar-refractivity contribution is 5.67. The van der Waals surface area contributed by atoms with Crippen molar-refractivity contribution >= 4 is 5.97 Å². The highest BCUT2D eigenvalue weighted by Crippen LogP contribution is 2.29. The first kappa shape index (κ1) is 20.1. The van der Waals surface area contributed by atoms with E-state index in [1.165, 1.54) is 25.3 Å². The van der Waals surface area contributed by atoms with Crippen molar-refractivity contribution in [1.29, 1.82) is 0 Å². The van der Waals surface area contributed by atoms with Crippen LogP contribution in [0.4, 0.5) is 0 Å². The summed E-state index contributed by atoms with van der Waals surface area (Å²) in [5, 5.41) is 0. The zero-order valence-corrected chi connectivity index (χ0v) is 16.7. The number of carbonyl (C=O) groups is 1. The third-order valence-corrected chi connectivity index (χ3v) is 5.07. The largest absolute Gasteiger partial charge is 0.446 e. The van der Waals surface area contributed by atoms with Crippen LogP contribution in [0.2, 0.25) is 0 Å². The van der Waals surface area contributed by atoms with Crippen LogP contribution in [0.15, 0.2) is 54.9 Å². The second-order valence-corrected chi connectivity index (χ2v) is 7.56. The molecule has 1 aliphatic rings. The van der Waals surface area contributed by atoms with Crippen LogP contribution >= 0.6 is 0 Å². The number of carbonyl (C=O) groups excluding carboxylic acids is 1. The molecule has 4 nitrogen and oxygen atoms in total. The number of piperidine rings is 1. The Morgan fingerprint density at radius 2 is 2.07 bits per heavy atom. The summed E-state index contributed by atoms with van der Waals surface area (Å²) < 4.78 is 5.60. The molecule has 4 heteroatoms. The lowest BCUT2D eigenvalue weighted by Gasteiger charge is -2.34. The maximum Gasteiger partial charge on any atom is 0.304 e. The van der Waals surface area contributed by atoms with Gasteiger partial charge in [0.25, 0.3) is 0 Å². The molecule has 1 aliphatic heterocycles. The summed E-state index contributed by atoms with van der Waals surface area (Å²) in [5.74, 6) is 6.24. The van der Waals surface area contributed by atoms with Gasteiger partial charge in [-0.05, 0) is 43.5 Å². The first-order valence-electron chi connectivity index (χ1n) is 9.93. The predicted octanol–water partition coefficient (Wildman–Crippen LogP) is 4.18. The summed E-state index contributed by atoms with van der Waals surface area (Å²) in [5.41, 5.74) is 1.52. The molecule has 2 aromatic rings. The van der Waals surface area contributed by atoms with Gasteiger partial charge in [-0.3, -0.25) is 14.7 Å². The summed E-state index contributed by atoms with van der Waals surface area (Å²) in [6, 6.07) is 14.5. The molecular weight excluding hydrogens is 348 g/mol. The van der Waals surface area contributed by atoms with Crippen LogP contribution in [0.25, 0.3) is 0 Å². The van der Waals surface area contributed by atoms with E-state index in [1.807, 2.05) is 55.7 Å². The van der Waals surface area contributed by atoms with Gasteiger partial charge in [0.2, 0.25) is 0 Å². The van der Waals surface area contributed by atoms with Gasteiger partial charge >= 0.3 is 5.97 Å². The number of esters is 1. The minimum Gasteiger partial charge on any atom is -0.446 e. The molecule has 1 saturated heterocycles. The van der Waals surface area contributed by atoms with Crippen molar-refractivity contribution in [2.45, 2.75) is 51.2 Å². The van der Waals surface area contributed by atoms with E-state index in [0.29, 0.717) is 19.0 Å². The lowest BCUT2D eigenvalue weighted by molar-refractivity contribution is -0.150. The Hall–Kier alpha value is -2.64. The quantitative estimate of drug-likeness (QED) is 0.580. The van der Waals surface area contributed by atoms with E-state index in [2.05, 4.69) is 27.8 Å². The van der Waals surface area contributed by atoms with Crippen LogP contribution in [0.3, 0.4) is 0 Å². The first-order chi connectivity index (χ1) is 13.6. The second-order valence-electron chi connectivity index (χ2n) is 7.56. The summed E-state index contributed by atoms with van der Waals surface area (Å²) in [4.78, 5) is 18.3. The van der Waals surface area contributed by atoms with E-state index in [9.17, 15) is 4.79 Å². The molecule has 146 valence electrons. The van der Waals surface area contributed by atoms with Crippen molar-refractivity contribution in [2.24, 2.45) is 0 Å². The molecule has 1 aromatic heterocycles. The van der Waals surface area contributed by atoms with Crippen LogP contribution in [0.1, 0.15) is 50.3 Å². The molecule has 1 fully saturated rings. The Morgan fingerprint density at radius 3 is 2.79 bits per heavy atom. The maximum atomic E-state index is 11.6. The van der Waals surface area contributed by atoms with Gasteiger partial charge in [-0.15, -0.1) is 0 Å². The fourth-order valence-corrected chi connectivity index (χ4v) is 3.87. The summed E-state index contributed by atoms with van der Waals surface area (Å²) in [7, 11) is 0. The molecule has 2 heterocycles. The zero-order valence-electron chi connectivity index (χ0n) is 16.7. The molecular formula is C24H28N2O2. The molecule has 28 heavy (non-hydrogen) atoms. The van der Waals surface area contributed by atoms with E-state index in [-0.39, 0.29) is 5.97 Å². The molecule has 1 aromatic carbocycles. The molecule has 0 radical (unpaired) electrons. The number of hydrogen-bond donors (Lipinski definition) is 0. The van der Waals surface area contributed by atoms with Crippen LogP contribution in [0.5, 0.6) is 0 Å². The molecule has 0 amide bonds. The summed E-state index contributed by atoms with van der Waals surface area (Å²) >= 11 is 0. The van der Waals surface area contributed by atoms with Gasteiger partial charge in [0.15, 0.2) is 5.60 Å². The molecule has 0 N–H and O–H groups in total. The average molecular weight is 377 g/mol. The third-order valence-electron chi connectivity index (χ3n) is 5.07. The number of aromatic nitrogens is 1. The van der Waals surface area contributed by atoms with Gasteiger partial charge in [0.1, 0.15) is 0 Å². The topological polar surface area (TPSA) is 42.4 Å². The molecule has 0 spiro atoms. The normalized spacial score (nSPS) is 19.1. The summed E-state index contributed by atoms with van der Waals surface area (Å²) in [6.07, 6.45) is 7.87. The zero-order chi connectivity index (χ0) is 19.8. The lowest BCUT2D eigenvalue weighted by Crippen LogP contribution is -2.35. The van der Waals surface area contributed by atoms with Crippen molar-refractivity contribution < 1.29 is 9.53 Å². The Bertz CT molecular complexity index is 826. The lowest BCUT2D eigenvalue weighted by atomic mass is 9.95. The van der Waals surface area contributed by atoms with Gasteiger partial charge in [-0.25, -0.2) is 0 Å². The van der Waals surface area contributed by atoms with E-state index in [1.54, 1.807) is 0 Å². The molecule has 0 saturated carbocycles. The van der Waals surface area contributed by atoms with Crippen LogP contribution in [-0.2, 0) is 16.0 Å². The fraction of sp³-hybridized carbons (Fsp3) is 0.417. The molecule has 2 unspecified atom stereocenters. The average Bonchev–Trinajstić information content (AvgIpc) is 2.69. The SMILES string of the molecule is CC(=O)OC(C)(C#CCN1CCCCC1c1cccnc1)Cc1ccccc1. The smallest absolute Gasteiger partial charge is 0.304 e. The Morgan fingerprint density at radius 1 is 1.25 bits per heavy atom. The molecule has 0 aliphatic carbocycles. The number of ether oxygens (including phenoxy) is 1. The fourth-order valence-electron chi connectivity index (χ4n) is 3.87. The van der Waals surface area contributed by atoms with Crippen molar-refractivity contribution in [3.63, 3.8) is 0 Å². The number of pyridine rings is 1. The summed E-state index contributed by atoms with van der Waals surface area (Å²) in [6.45, 7) is 5.01. The number of likely N-dealkylation sites (tertiary alicyclic amines) is 1. The maximum absolute atomic E-state index is 11.6. The van der Waals surface area contributed by atoms with Crippen molar-refractivity contribution in [1.82, 2.24) is 9.88 Å². The van der Waals surface area contributed by atoms with Crippen molar-refractivity contribution in [3.8, 4) is 11.8 Å². The monoisotopic (exact) mass is 376 g/mol. The van der Waals surface area contributed by atoms with E-state index >= 15 is 0 Å². The van der Waals surface area contributed by atoms with Gasteiger partial charge < -0.3 is 4.74 Å².